The van der Waals surface area contributed by atoms with E-state index in [-0.39, 0.29) is 11.8 Å². The number of nitrogens with zero attached hydrogens (tertiary/aromatic N) is 4. The molecule has 31 heavy (non-hydrogen) atoms. The summed E-state index contributed by atoms with van der Waals surface area (Å²) in [5.41, 5.74) is 3.44. The van der Waals surface area contributed by atoms with E-state index in [9.17, 15) is 4.39 Å². The Morgan fingerprint density at radius 3 is 2.42 bits per heavy atom. The molecule has 0 radical (unpaired) electrons. The van der Waals surface area contributed by atoms with Crippen LogP contribution in [0, 0.1) is 12.7 Å². The van der Waals surface area contributed by atoms with Gasteiger partial charge in [-0.15, -0.1) is 0 Å². The van der Waals surface area contributed by atoms with Crippen molar-refractivity contribution in [3.63, 3.8) is 0 Å². The van der Waals surface area contributed by atoms with E-state index in [2.05, 4.69) is 25.3 Å². The van der Waals surface area contributed by atoms with Crippen LogP contribution in [0.3, 0.4) is 0 Å². The number of anilines is 1. The maximum Gasteiger partial charge on any atom is 0.321 e. The Bertz CT molecular complexity index is 1210. The second-order valence-corrected chi connectivity index (χ2v) is 6.94. The van der Waals surface area contributed by atoms with Crippen LogP contribution in [0.2, 0.25) is 0 Å². The zero-order chi connectivity index (χ0) is 21.8. The Morgan fingerprint density at radius 1 is 0.871 bits per heavy atom. The summed E-state index contributed by atoms with van der Waals surface area (Å²) >= 11 is 0. The first-order chi connectivity index (χ1) is 15.1. The van der Waals surface area contributed by atoms with Crippen LogP contribution < -0.4 is 14.8 Å². The van der Waals surface area contributed by atoms with Gasteiger partial charge in [0.1, 0.15) is 17.1 Å². The number of aromatic nitrogens is 4. The van der Waals surface area contributed by atoms with Crippen LogP contribution in [0.4, 0.5) is 10.3 Å². The number of hydrogen-bond acceptors (Lipinski definition) is 7. The average molecular weight is 419 g/mol. The van der Waals surface area contributed by atoms with Gasteiger partial charge in [-0.25, -0.2) is 9.37 Å². The third-order valence-electron chi connectivity index (χ3n) is 4.83. The van der Waals surface area contributed by atoms with E-state index in [4.69, 9.17) is 9.47 Å². The van der Waals surface area contributed by atoms with E-state index < -0.39 is 0 Å². The summed E-state index contributed by atoms with van der Waals surface area (Å²) in [6, 6.07) is 14.3. The first-order valence-corrected chi connectivity index (χ1v) is 9.80. The van der Waals surface area contributed by atoms with Crippen molar-refractivity contribution in [1.82, 2.24) is 19.9 Å². The fraction of sp³-hybridized carbons (Fsp3) is 0.217. The van der Waals surface area contributed by atoms with Gasteiger partial charge in [0.05, 0.1) is 14.2 Å². The van der Waals surface area contributed by atoms with E-state index in [1.807, 2.05) is 31.2 Å². The molecule has 0 atom stereocenters. The molecule has 0 spiro atoms. The van der Waals surface area contributed by atoms with E-state index in [1.165, 1.54) is 19.2 Å². The van der Waals surface area contributed by atoms with E-state index in [1.54, 1.807) is 19.2 Å². The van der Waals surface area contributed by atoms with Crippen molar-refractivity contribution in [2.45, 2.75) is 13.3 Å². The minimum absolute atomic E-state index is 0.207. The summed E-state index contributed by atoms with van der Waals surface area (Å²) in [4.78, 5) is 17.9. The number of methoxy groups -OCH3 is 2. The molecule has 0 saturated heterocycles. The van der Waals surface area contributed by atoms with Crippen molar-refractivity contribution in [2.75, 3.05) is 26.1 Å². The van der Waals surface area contributed by atoms with Gasteiger partial charge in [0.15, 0.2) is 5.82 Å². The van der Waals surface area contributed by atoms with Gasteiger partial charge < -0.3 is 14.8 Å². The minimum Gasteiger partial charge on any atom is -0.494 e. The molecule has 0 fully saturated rings. The lowest BCUT2D eigenvalue weighted by atomic mass is 10.1. The Kier molecular flexibility index (Phi) is 5.88. The summed E-state index contributed by atoms with van der Waals surface area (Å²) in [7, 11) is 3.13. The largest absolute Gasteiger partial charge is 0.494 e. The lowest BCUT2D eigenvalue weighted by Gasteiger charge is -2.12. The topological polar surface area (TPSA) is 82.0 Å². The summed E-state index contributed by atoms with van der Waals surface area (Å²) < 4.78 is 23.8. The van der Waals surface area contributed by atoms with Gasteiger partial charge in [-0.3, -0.25) is 0 Å². The highest BCUT2D eigenvalue weighted by atomic mass is 19.1. The predicted molar refractivity (Wildman–Crippen MR) is 117 cm³/mol. The molecule has 0 amide bonds. The van der Waals surface area contributed by atoms with Crippen LogP contribution in [0.15, 0.2) is 48.5 Å². The summed E-state index contributed by atoms with van der Waals surface area (Å²) in [6.07, 6.45) is 0.693. The van der Waals surface area contributed by atoms with Gasteiger partial charge in [0, 0.05) is 23.2 Å². The second kappa shape index (κ2) is 8.91. The number of pyridine rings is 1. The van der Waals surface area contributed by atoms with Gasteiger partial charge >= 0.3 is 6.01 Å². The fourth-order valence-corrected chi connectivity index (χ4v) is 3.27. The maximum absolute atomic E-state index is 13.1. The normalized spacial score (nSPS) is 10.8. The lowest BCUT2D eigenvalue weighted by Crippen LogP contribution is -2.10. The zero-order valence-electron chi connectivity index (χ0n) is 17.5. The second-order valence-electron chi connectivity index (χ2n) is 6.94. The van der Waals surface area contributed by atoms with Crippen LogP contribution in [0.25, 0.3) is 22.3 Å². The monoisotopic (exact) mass is 419 g/mol. The van der Waals surface area contributed by atoms with E-state index in [0.29, 0.717) is 30.5 Å². The van der Waals surface area contributed by atoms with Crippen LogP contribution >= 0.6 is 0 Å². The molecule has 0 unspecified atom stereocenters. The van der Waals surface area contributed by atoms with Crippen molar-refractivity contribution in [2.24, 2.45) is 0 Å². The molecule has 2 heterocycles. The van der Waals surface area contributed by atoms with Crippen molar-refractivity contribution in [3.8, 4) is 23.1 Å². The Hall–Kier alpha value is -3.81. The third-order valence-corrected chi connectivity index (χ3v) is 4.83. The van der Waals surface area contributed by atoms with Crippen LogP contribution in [0.1, 0.15) is 11.3 Å². The van der Waals surface area contributed by atoms with Crippen molar-refractivity contribution >= 4 is 16.9 Å². The number of rotatable bonds is 7. The molecule has 1 N–H and O–H groups in total. The fourth-order valence-electron chi connectivity index (χ4n) is 3.27. The molecule has 0 aliphatic carbocycles. The zero-order valence-corrected chi connectivity index (χ0v) is 17.5. The first kappa shape index (κ1) is 20.5. The summed E-state index contributed by atoms with van der Waals surface area (Å²) in [6.45, 7) is 2.50. The predicted octanol–water partition coefficient (Wildman–Crippen LogP) is 4.21. The molecular weight excluding hydrogens is 397 g/mol. The van der Waals surface area contributed by atoms with Crippen LogP contribution in [-0.4, -0.2) is 40.7 Å². The molecule has 158 valence electrons. The molecule has 2 aromatic carbocycles. The lowest BCUT2D eigenvalue weighted by molar-refractivity contribution is 0.379. The number of benzene rings is 2. The number of nitrogens with one attached hydrogen (secondary N) is 1. The molecule has 0 aliphatic heterocycles. The molecule has 2 aromatic heterocycles. The SMILES string of the molecule is COc1nc(NCCc2ccc(F)cc2)nc(-c2ccc(OC)c3nc(C)ccc23)n1. The van der Waals surface area contributed by atoms with Gasteiger partial charge in [-0.05, 0) is 49.2 Å². The molecule has 0 aliphatic rings. The first-order valence-electron chi connectivity index (χ1n) is 9.80. The molecule has 4 rings (SSSR count). The highest BCUT2D eigenvalue weighted by Gasteiger charge is 2.15. The maximum atomic E-state index is 13.1. The molecule has 7 nitrogen and oxygen atoms in total. The van der Waals surface area contributed by atoms with Gasteiger partial charge in [0.2, 0.25) is 5.95 Å². The number of ether oxygens (including phenoxy) is 2. The van der Waals surface area contributed by atoms with Gasteiger partial charge in [-0.2, -0.15) is 15.0 Å². The molecular formula is C23H22FN5O2. The third kappa shape index (κ3) is 4.53. The Balaban J connectivity index is 1.65. The number of fused-ring (bicyclic) bond motifs is 1. The van der Waals surface area contributed by atoms with Crippen molar-refractivity contribution in [3.05, 3.63) is 65.6 Å². The van der Waals surface area contributed by atoms with E-state index >= 15 is 0 Å². The number of halogens is 1. The van der Waals surface area contributed by atoms with Crippen LogP contribution in [0.5, 0.6) is 11.8 Å². The molecule has 8 heteroatoms. The average Bonchev–Trinajstić information content (AvgIpc) is 2.79. The quantitative estimate of drug-likeness (QED) is 0.481. The minimum atomic E-state index is -0.250. The number of aryl methyl sites for hydroxylation is 1. The Labute approximate surface area is 179 Å². The molecule has 0 bridgehead atoms. The van der Waals surface area contributed by atoms with Crippen molar-refractivity contribution < 1.29 is 13.9 Å². The smallest absolute Gasteiger partial charge is 0.321 e. The van der Waals surface area contributed by atoms with Gasteiger partial charge in [0.25, 0.3) is 0 Å². The molecule has 0 saturated carbocycles. The van der Waals surface area contributed by atoms with E-state index in [0.717, 1.165) is 27.7 Å². The highest BCUT2D eigenvalue weighted by Crippen LogP contribution is 2.32. The van der Waals surface area contributed by atoms with Gasteiger partial charge in [-0.1, -0.05) is 18.2 Å². The van der Waals surface area contributed by atoms with Crippen LogP contribution in [-0.2, 0) is 6.42 Å². The number of hydrogen-bond donors (Lipinski definition) is 1. The summed E-state index contributed by atoms with van der Waals surface area (Å²) in [5, 5.41) is 4.07. The summed E-state index contributed by atoms with van der Waals surface area (Å²) in [5.74, 6) is 1.29. The highest BCUT2D eigenvalue weighted by molar-refractivity contribution is 5.96. The Morgan fingerprint density at radius 2 is 1.68 bits per heavy atom. The van der Waals surface area contributed by atoms with Crippen molar-refractivity contribution in [1.29, 1.82) is 0 Å². The molecule has 4 aromatic rings. The standard InChI is InChI=1S/C23H22FN5O2/c1-14-4-9-17-18(10-11-19(30-2)20(17)26-14)21-27-22(29-23(28-21)31-3)25-13-12-15-5-7-16(24)8-6-15/h4-11H,12-13H2,1-3H3,(H,25,27,28,29).